The van der Waals surface area contributed by atoms with E-state index in [1.165, 1.54) is 6.26 Å². The highest BCUT2D eigenvalue weighted by molar-refractivity contribution is 9.10. The third-order valence-corrected chi connectivity index (χ3v) is 3.48. The first kappa shape index (κ1) is 14.0. The highest BCUT2D eigenvalue weighted by Gasteiger charge is 2.16. The monoisotopic (exact) mass is 326 g/mol. The first-order valence-electron chi connectivity index (χ1n) is 5.77. The van der Waals surface area contributed by atoms with Gasteiger partial charge in [0.15, 0.2) is 11.5 Å². The summed E-state index contributed by atoms with van der Waals surface area (Å²) in [6.07, 6.45) is 1.27. The molecular weight excluding hydrogens is 312 g/mol. The molecule has 0 aliphatic rings. The van der Waals surface area contributed by atoms with Gasteiger partial charge >= 0.3 is 0 Å². The van der Waals surface area contributed by atoms with Crippen LogP contribution in [0.5, 0.6) is 11.5 Å². The van der Waals surface area contributed by atoms with Crippen LogP contribution in [0.1, 0.15) is 17.4 Å². The maximum Gasteiger partial charge on any atom is 0.160 e. The van der Waals surface area contributed by atoms with Crippen LogP contribution >= 0.6 is 15.9 Å². The van der Waals surface area contributed by atoms with E-state index in [4.69, 9.17) is 13.9 Å². The smallest absolute Gasteiger partial charge is 0.160 e. The van der Waals surface area contributed by atoms with Crippen molar-refractivity contribution in [1.82, 2.24) is 0 Å². The van der Waals surface area contributed by atoms with E-state index in [0.717, 1.165) is 10.0 Å². The van der Waals surface area contributed by atoms with Gasteiger partial charge in [0.1, 0.15) is 11.9 Å². The Kier molecular flexibility index (Phi) is 4.50. The number of ether oxygens (including phenoxy) is 2. The second-order valence-corrected chi connectivity index (χ2v) is 4.90. The van der Waals surface area contributed by atoms with Crippen molar-refractivity contribution in [2.75, 3.05) is 14.2 Å². The number of hydrogen-bond acceptors (Lipinski definition) is 4. The summed E-state index contributed by atoms with van der Waals surface area (Å²) in [4.78, 5) is 0. The first-order chi connectivity index (χ1) is 9.15. The van der Waals surface area contributed by atoms with E-state index in [-0.39, 0.29) is 0 Å². The summed E-state index contributed by atoms with van der Waals surface area (Å²) in [5.74, 6) is 1.83. The van der Waals surface area contributed by atoms with Gasteiger partial charge in [-0.3, -0.25) is 0 Å². The highest BCUT2D eigenvalue weighted by Crippen LogP contribution is 2.31. The summed E-state index contributed by atoms with van der Waals surface area (Å²) in [5, 5.41) is 10.1. The Morgan fingerprint density at radius 1 is 1.21 bits per heavy atom. The van der Waals surface area contributed by atoms with E-state index in [1.54, 1.807) is 20.3 Å². The zero-order valence-corrected chi connectivity index (χ0v) is 12.3. The number of methoxy groups -OCH3 is 2. The summed E-state index contributed by atoms with van der Waals surface area (Å²) in [6.45, 7) is 0. The molecule has 102 valence electrons. The fourth-order valence-electron chi connectivity index (χ4n) is 1.87. The Balaban J connectivity index is 2.17. The molecule has 0 amide bonds. The molecule has 1 N–H and O–H groups in total. The summed E-state index contributed by atoms with van der Waals surface area (Å²) in [5.41, 5.74) is 0.938. The molecule has 2 rings (SSSR count). The minimum Gasteiger partial charge on any atom is -0.493 e. The molecule has 0 fully saturated rings. The van der Waals surface area contributed by atoms with E-state index in [9.17, 15) is 5.11 Å². The van der Waals surface area contributed by atoms with Gasteiger partial charge in [0, 0.05) is 6.42 Å². The maximum absolute atomic E-state index is 10.1. The number of halogens is 1. The first-order valence-corrected chi connectivity index (χ1v) is 6.57. The molecule has 0 aliphatic heterocycles. The van der Waals surface area contributed by atoms with Crippen LogP contribution in [-0.2, 0) is 6.42 Å². The van der Waals surface area contributed by atoms with Crippen molar-refractivity contribution in [2.24, 2.45) is 0 Å². The third kappa shape index (κ3) is 3.11. The lowest BCUT2D eigenvalue weighted by Gasteiger charge is -2.12. The maximum atomic E-state index is 10.1. The Morgan fingerprint density at radius 3 is 2.53 bits per heavy atom. The SMILES string of the molecule is COc1ccc(CC(O)c2occc2Br)cc1OC. The molecule has 1 atom stereocenters. The number of aliphatic hydroxyl groups excluding tert-OH is 1. The standard InChI is InChI=1S/C14H15BrO4/c1-17-12-4-3-9(8-13(12)18-2)7-11(16)14-10(15)5-6-19-14/h3-6,8,11,16H,7H2,1-2H3. The highest BCUT2D eigenvalue weighted by atomic mass is 79.9. The van der Waals surface area contributed by atoms with Crippen LogP contribution in [0.25, 0.3) is 0 Å². The summed E-state index contributed by atoms with van der Waals surface area (Å²) in [6, 6.07) is 7.31. The molecule has 1 unspecified atom stereocenters. The molecule has 19 heavy (non-hydrogen) atoms. The predicted octanol–water partition coefficient (Wildman–Crippen LogP) is 3.34. The van der Waals surface area contributed by atoms with Gasteiger partial charge in [0.25, 0.3) is 0 Å². The van der Waals surface area contributed by atoms with E-state index in [0.29, 0.717) is 23.7 Å². The lowest BCUT2D eigenvalue weighted by Crippen LogP contribution is -2.02. The average molecular weight is 327 g/mol. The predicted molar refractivity (Wildman–Crippen MR) is 74.6 cm³/mol. The van der Waals surface area contributed by atoms with E-state index >= 15 is 0 Å². The van der Waals surface area contributed by atoms with Crippen molar-refractivity contribution in [2.45, 2.75) is 12.5 Å². The van der Waals surface area contributed by atoms with E-state index in [2.05, 4.69) is 15.9 Å². The van der Waals surface area contributed by atoms with Crippen molar-refractivity contribution in [3.63, 3.8) is 0 Å². The number of hydrogen-bond donors (Lipinski definition) is 1. The molecule has 5 heteroatoms. The Bertz CT molecular complexity index is 550. The second-order valence-electron chi connectivity index (χ2n) is 4.04. The summed E-state index contributed by atoms with van der Waals surface area (Å²) < 4.78 is 16.4. The molecule has 4 nitrogen and oxygen atoms in total. The molecule has 2 aromatic rings. The van der Waals surface area contributed by atoms with Crippen LogP contribution in [0.3, 0.4) is 0 Å². The minimum atomic E-state index is -0.706. The van der Waals surface area contributed by atoms with Crippen LogP contribution in [0.15, 0.2) is 39.4 Å². The van der Waals surface area contributed by atoms with Crippen molar-refractivity contribution in [3.05, 3.63) is 46.3 Å². The fourth-order valence-corrected chi connectivity index (χ4v) is 2.33. The minimum absolute atomic E-state index is 0.437. The van der Waals surface area contributed by atoms with Gasteiger partial charge in [-0.25, -0.2) is 0 Å². The van der Waals surface area contributed by atoms with Gasteiger partial charge in [-0.05, 0) is 39.7 Å². The Hall–Kier alpha value is -1.46. The number of benzene rings is 1. The van der Waals surface area contributed by atoms with Gasteiger partial charge in [0.05, 0.1) is 25.0 Å². The van der Waals surface area contributed by atoms with Gasteiger partial charge in [-0.1, -0.05) is 6.07 Å². The molecule has 1 aromatic heterocycles. The molecule has 0 bridgehead atoms. The molecule has 0 saturated carbocycles. The number of rotatable bonds is 5. The van der Waals surface area contributed by atoms with Gasteiger partial charge < -0.3 is 19.0 Å². The lowest BCUT2D eigenvalue weighted by molar-refractivity contribution is 0.149. The van der Waals surface area contributed by atoms with Crippen LogP contribution in [0.2, 0.25) is 0 Å². The topological polar surface area (TPSA) is 51.8 Å². The Labute approximate surface area is 120 Å². The molecule has 1 aromatic carbocycles. The molecule has 1 heterocycles. The Morgan fingerprint density at radius 2 is 1.95 bits per heavy atom. The van der Waals surface area contributed by atoms with Crippen molar-refractivity contribution in [1.29, 1.82) is 0 Å². The molecule has 0 saturated heterocycles. The van der Waals surface area contributed by atoms with E-state index in [1.807, 2.05) is 18.2 Å². The van der Waals surface area contributed by atoms with Crippen LogP contribution in [-0.4, -0.2) is 19.3 Å². The van der Waals surface area contributed by atoms with Crippen molar-refractivity contribution >= 4 is 15.9 Å². The summed E-state index contributed by atoms with van der Waals surface area (Å²) >= 11 is 3.33. The number of furan rings is 1. The normalized spacial score (nSPS) is 12.2. The van der Waals surface area contributed by atoms with E-state index < -0.39 is 6.10 Å². The van der Waals surface area contributed by atoms with Gasteiger partial charge in [-0.2, -0.15) is 0 Å². The summed E-state index contributed by atoms with van der Waals surface area (Å²) in [7, 11) is 3.17. The second kappa shape index (κ2) is 6.12. The third-order valence-electron chi connectivity index (χ3n) is 2.82. The quantitative estimate of drug-likeness (QED) is 0.915. The number of aliphatic hydroxyl groups is 1. The lowest BCUT2D eigenvalue weighted by atomic mass is 10.1. The zero-order valence-electron chi connectivity index (χ0n) is 10.7. The van der Waals surface area contributed by atoms with Crippen molar-refractivity contribution in [3.8, 4) is 11.5 Å². The molecule has 0 spiro atoms. The zero-order chi connectivity index (χ0) is 13.8. The van der Waals surface area contributed by atoms with Gasteiger partial charge in [0.2, 0.25) is 0 Å². The molecule has 0 radical (unpaired) electrons. The van der Waals surface area contributed by atoms with Crippen LogP contribution in [0, 0.1) is 0 Å². The largest absolute Gasteiger partial charge is 0.493 e. The van der Waals surface area contributed by atoms with Gasteiger partial charge in [-0.15, -0.1) is 0 Å². The van der Waals surface area contributed by atoms with Crippen LogP contribution in [0.4, 0.5) is 0 Å². The van der Waals surface area contributed by atoms with Crippen LogP contribution < -0.4 is 9.47 Å². The molecule has 0 aliphatic carbocycles. The van der Waals surface area contributed by atoms with Crippen molar-refractivity contribution < 1.29 is 19.0 Å². The average Bonchev–Trinajstić information content (AvgIpc) is 2.85. The molecular formula is C14H15BrO4. The fraction of sp³-hybridized carbons (Fsp3) is 0.286.